The van der Waals surface area contributed by atoms with Crippen LogP contribution in [0.4, 0.5) is 0 Å². The lowest BCUT2D eigenvalue weighted by Crippen LogP contribution is -2.38. The van der Waals surface area contributed by atoms with Gasteiger partial charge in [-0.15, -0.1) is 0 Å². The number of hydrogen-bond donors (Lipinski definition) is 2. The Hall–Kier alpha value is -1.88. The SMILES string of the molecule is C[C@H](NC(=O)CCOCc1ccccc1)C(=O)O. The van der Waals surface area contributed by atoms with Gasteiger partial charge >= 0.3 is 5.97 Å². The molecule has 5 heteroatoms. The summed E-state index contributed by atoms with van der Waals surface area (Å²) in [6.07, 6.45) is 0.157. The minimum absolute atomic E-state index is 0.157. The van der Waals surface area contributed by atoms with Gasteiger partial charge in [0.1, 0.15) is 6.04 Å². The molecule has 1 aromatic carbocycles. The van der Waals surface area contributed by atoms with E-state index in [0.717, 1.165) is 5.56 Å². The van der Waals surface area contributed by atoms with Gasteiger partial charge in [-0.3, -0.25) is 9.59 Å². The Kier molecular flexibility index (Phi) is 5.87. The van der Waals surface area contributed by atoms with Crippen molar-refractivity contribution in [3.63, 3.8) is 0 Å². The molecule has 1 aromatic rings. The molecule has 0 aliphatic carbocycles. The normalized spacial score (nSPS) is 11.8. The van der Waals surface area contributed by atoms with Crippen LogP contribution in [0.3, 0.4) is 0 Å². The third-order valence-electron chi connectivity index (χ3n) is 2.33. The summed E-state index contributed by atoms with van der Waals surface area (Å²) in [7, 11) is 0. The van der Waals surface area contributed by atoms with E-state index >= 15 is 0 Å². The van der Waals surface area contributed by atoms with Crippen molar-refractivity contribution in [1.82, 2.24) is 5.32 Å². The third kappa shape index (κ3) is 5.45. The highest BCUT2D eigenvalue weighted by Crippen LogP contribution is 2.00. The summed E-state index contributed by atoms with van der Waals surface area (Å²) in [4.78, 5) is 21.8. The molecule has 0 radical (unpaired) electrons. The third-order valence-corrected chi connectivity index (χ3v) is 2.33. The van der Waals surface area contributed by atoms with Crippen LogP contribution >= 0.6 is 0 Å². The van der Waals surface area contributed by atoms with Crippen molar-refractivity contribution in [1.29, 1.82) is 0 Å². The fourth-order valence-electron chi connectivity index (χ4n) is 1.30. The van der Waals surface area contributed by atoms with Crippen molar-refractivity contribution in [2.75, 3.05) is 6.61 Å². The van der Waals surface area contributed by atoms with Crippen LogP contribution in [0.15, 0.2) is 30.3 Å². The first-order chi connectivity index (χ1) is 8.59. The number of carboxylic acid groups (broad SMARTS) is 1. The topological polar surface area (TPSA) is 75.6 Å². The van der Waals surface area contributed by atoms with E-state index in [1.54, 1.807) is 0 Å². The molecule has 1 rings (SSSR count). The minimum atomic E-state index is -1.05. The lowest BCUT2D eigenvalue weighted by molar-refractivity contribution is -0.141. The van der Waals surface area contributed by atoms with Crippen LogP contribution in [0, 0.1) is 0 Å². The Morgan fingerprint density at radius 1 is 1.33 bits per heavy atom. The van der Waals surface area contributed by atoms with Crippen molar-refractivity contribution in [3.8, 4) is 0 Å². The highest BCUT2D eigenvalue weighted by Gasteiger charge is 2.13. The molecule has 0 fully saturated rings. The number of carbonyl (C=O) groups is 2. The predicted molar refractivity (Wildman–Crippen MR) is 66.0 cm³/mol. The fourth-order valence-corrected chi connectivity index (χ4v) is 1.30. The number of carboxylic acids is 1. The van der Waals surface area contributed by atoms with E-state index in [0.29, 0.717) is 6.61 Å². The van der Waals surface area contributed by atoms with E-state index < -0.39 is 12.0 Å². The fraction of sp³-hybridized carbons (Fsp3) is 0.385. The average molecular weight is 251 g/mol. The van der Waals surface area contributed by atoms with Crippen LogP contribution in [0.2, 0.25) is 0 Å². The Morgan fingerprint density at radius 3 is 2.61 bits per heavy atom. The zero-order chi connectivity index (χ0) is 13.4. The van der Waals surface area contributed by atoms with Crippen LogP contribution in [-0.2, 0) is 20.9 Å². The van der Waals surface area contributed by atoms with Crippen molar-refractivity contribution in [2.45, 2.75) is 26.0 Å². The van der Waals surface area contributed by atoms with Gasteiger partial charge in [0.2, 0.25) is 5.91 Å². The molecule has 0 unspecified atom stereocenters. The first kappa shape index (κ1) is 14.2. The molecule has 0 spiro atoms. The first-order valence-electron chi connectivity index (χ1n) is 5.73. The van der Waals surface area contributed by atoms with Gasteiger partial charge in [0, 0.05) is 6.42 Å². The van der Waals surface area contributed by atoms with Crippen LogP contribution in [0.5, 0.6) is 0 Å². The van der Waals surface area contributed by atoms with E-state index in [4.69, 9.17) is 9.84 Å². The van der Waals surface area contributed by atoms with Crippen LogP contribution < -0.4 is 5.32 Å². The number of nitrogens with one attached hydrogen (secondary N) is 1. The molecule has 18 heavy (non-hydrogen) atoms. The molecule has 0 aromatic heterocycles. The molecule has 2 N–H and O–H groups in total. The Labute approximate surface area is 106 Å². The molecule has 1 amide bonds. The number of hydrogen-bond acceptors (Lipinski definition) is 3. The van der Waals surface area contributed by atoms with Gasteiger partial charge in [-0.25, -0.2) is 0 Å². The lowest BCUT2D eigenvalue weighted by Gasteiger charge is -2.09. The maximum atomic E-state index is 11.3. The van der Waals surface area contributed by atoms with Crippen molar-refractivity contribution < 1.29 is 19.4 Å². The molecular formula is C13H17NO4. The number of aliphatic carboxylic acids is 1. The summed E-state index contributed by atoms with van der Waals surface area (Å²) < 4.78 is 5.32. The van der Waals surface area contributed by atoms with Gasteiger partial charge in [-0.2, -0.15) is 0 Å². The Bertz CT molecular complexity index is 391. The van der Waals surface area contributed by atoms with Gasteiger partial charge in [0.15, 0.2) is 0 Å². The summed E-state index contributed by atoms with van der Waals surface area (Å²) in [5.41, 5.74) is 1.04. The molecule has 0 heterocycles. The standard InChI is InChI=1S/C13H17NO4/c1-10(13(16)17)14-12(15)7-8-18-9-11-5-3-2-4-6-11/h2-6,10H,7-9H2,1H3,(H,14,15)(H,16,17)/t10-/m0/s1. The van der Waals surface area contributed by atoms with Gasteiger partial charge < -0.3 is 15.2 Å². The average Bonchev–Trinajstić information content (AvgIpc) is 2.35. The second-order valence-electron chi connectivity index (χ2n) is 3.92. The Morgan fingerprint density at radius 2 is 2.00 bits per heavy atom. The summed E-state index contributed by atoms with van der Waals surface area (Å²) in [5.74, 6) is -1.37. The van der Waals surface area contributed by atoms with E-state index in [2.05, 4.69) is 5.32 Å². The van der Waals surface area contributed by atoms with Crippen LogP contribution in [0.25, 0.3) is 0 Å². The zero-order valence-corrected chi connectivity index (χ0v) is 10.3. The van der Waals surface area contributed by atoms with Gasteiger partial charge in [-0.05, 0) is 12.5 Å². The monoisotopic (exact) mass is 251 g/mol. The molecule has 0 saturated carbocycles. The maximum Gasteiger partial charge on any atom is 0.325 e. The molecule has 5 nitrogen and oxygen atoms in total. The van der Waals surface area contributed by atoms with Gasteiger partial charge in [0.05, 0.1) is 13.2 Å². The number of amides is 1. The van der Waals surface area contributed by atoms with E-state index in [1.807, 2.05) is 30.3 Å². The summed E-state index contributed by atoms with van der Waals surface area (Å²) in [5, 5.41) is 11.0. The van der Waals surface area contributed by atoms with E-state index in [1.165, 1.54) is 6.92 Å². The summed E-state index contributed by atoms with van der Waals surface area (Å²) >= 11 is 0. The van der Waals surface area contributed by atoms with Crippen molar-refractivity contribution in [3.05, 3.63) is 35.9 Å². The minimum Gasteiger partial charge on any atom is -0.480 e. The molecule has 98 valence electrons. The van der Waals surface area contributed by atoms with Crippen LogP contribution in [-0.4, -0.2) is 29.6 Å². The summed E-state index contributed by atoms with van der Waals surface area (Å²) in [6, 6.07) is 8.76. The first-order valence-corrected chi connectivity index (χ1v) is 5.73. The largest absolute Gasteiger partial charge is 0.480 e. The smallest absolute Gasteiger partial charge is 0.325 e. The maximum absolute atomic E-state index is 11.3. The van der Waals surface area contributed by atoms with Crippen molar-refractivity contribution in [2.24, 2.45) is 0 Å². The second-order valence-corrected chi connectivity index (χ2v) is 3.92. The molecule has 0 bridgehead atoms. The summed E-state index contributed by atoms with van der Waals surface area (Å²) in [6.45, 7) is 2.14. The molecular weight excluding hydrogens is 234 g/mol. The number of benzene rings is 1. The van der Waals surface area contributed by atoms with Gasteiger partial charge in [0.25, 0.3) is 0 Å². The highest BCUT2D eigenvalue weighted by atomic mass is 16.5. The van der Waals surface area contributed by atoms with Gasteiger partial charge in [-0.1, -0.05) is 30.3 Å². The Balaban J connectivity index is 2.14. The molecule has 0 aliphatic heterocycles. The molecule has 0 saturated heterocycles. The lowest BCUT2D eigenvalue weighted by atomic mass is 10.2. The van der Waals surface area contributed by atoms with Crippen molar-refractivity contribution >= 4 is 11.9 Å². The van der Waals surface area contributed by atoms with Crippen LogP contribution in [0.1, 0.15) is 18.9 Å². The zero-order valence-electron chi connectivity index (χ0n) is 10.3. The molecule has 0 aliphatic rings. The highest BCUT2D eigenvalue weighted by molar-refractivity contribution is 5.83. The second kappa shape index (κ2) is 7.45. The predicted octanol–water partition coefficient (Wildman–Crippen LogP) is 1.18. The number of ether oxygens (including phenoxy) is 1. The number of rotatable bonds is 7. The van der Waals surface area contributed by atoms with E-state index in [-0.39, 0.29) is 18.9 Å². The van der Waals surface area contributed by atoms with E-state index in [9.17, 15) is 9.59 Å². The number of carbonyl (C=O) groups excluding carboxylic acids is 1. The quantitative estimate of drug-likeness (QED) is 0.713. The molecule has 1 atom stereocenters.